The van der Waals surface area contributed by atoms with Crippen molar-refractivity contribution in [3.05, 3.63) is 60.6 Å². The zero-order valence-electron chi connectivity index (χ0n) is 10.5. The summed E-state index contributed by atoms with van der Waals surface area (Å²) in [5.74, 6) is 0.793. The number of nitrogens with one attached hydrogen (secondary N) is 1. The van der Waals surface area contributed by atoms with Gasteiger partial charge in [0, 0.05) is 12.7 Å². The second-order valence-electron chi connectivity index (χ2n) is 4.26. The Morgan fingerprint density at radius 1 is 0.895 bits per heavy atom. The number of pyridine rings is 1. The first-order valence-electron chi connectivity index (χ1n) is 6.27. The van der Waals surface area contributed by atoms with Gasteiger partial charge in [0.05, 0.1) is 5.52 Å². The molecule has 4 heteroatoms. The van der Waals surface area contributed by atoms with Gasteiger partial charge in [0.2, 0.25) is 0 Å². The molecule has 19 heavy (non-hydrogen) atoms. The van der Waals surface area contributed by atoms with Crippen LogP contribution in [0, 0.1) is 0 Å². The Labute approximate surface area is 111 Å². The normalized spacial score (nSPS) is 10.5. The number of benzene rings is 1. The molecule has 0 atom stereocenters. The van der Waals surface area contributed by atoms with E-state index in [1.54, 1.807) is 12.5 Å². The smallest absolute Gasteiger partial charge is 0.156 e. The third-order valence-corrected chi connectivity index (χ3v) is 2.94. The van der Waals surface area contributed by atoms with Gasteiger partial charge in [-0.2, -0.15) is 0 Å². The number of hydrogen-bond donors (Lipinski definition) is 1. The summed E-state index contributed by atoms with van der Waals surface area (Å²) in [7, 11) is 0. The molecule has 2 aromatic heterocycles. The van der Waals surface area contributed by atoms with Crippen molar-refractivity contribution in [1.82, 2.24) is 15.0 Å². The number of rotatable bonds is 4. The van der Waals surface area contributed by atoms with E-state index in [-0.39, 0.29) is 0 Å². The summed E-state index contributed by atoms with van der Waals surface area (Å²) in [5.41, 5.74) is 2.99. The summed E-state index contributed by atoms with van der Waals surface area (Å²) >= 11 is 0. The summed E-state index contributed by atoms with van der Waals surface area (Å²) in [5, 5.41) is 3.32. The van der Waals surface area contributed by atoms with Crippen LogP contribution in [0.5, 0.6) is 0 Å². The molecule has 0 unspecified atom stereocenters. The maximum atomic E-state index is 4.32. The average Bonchev–Trinajstić information content (AvgIpc) is 2.49. The highest BCUT2D eigenvalue weighted by molar-refractivity contribution is 5.84. The van der Waals surface area contributed by atoms with E-state index in [0.717, 1.165) is 29.8 Å². The molecule has 0 amide bonds. The molecule has 3 aromatic rings. The van der Waals surface area contributed by atoms with Crippen LogP contribution in [0.3, 0.4) is 0 Å². The van der Waals surface area contributed by atoms with Gasteiger partial charge in [-0.15, -0.1) is 0 Å². The minimum atomic E-state index is 0.793. The van der Waals surface area contributed by atoms with Crippen molar-refractivity contribution >= 4 is 16.9 Å². The van der Waals surface area contributed by atoms with Gasteiger partial charge in [-0.25, -0.2) is 9.97 Å². The number of fused-ring (bicyclic) bond motifs is 1. The van der Waals surface area contributed by atoms with E-state index in [1.165, 1.54) is 5.56 Å². The molecule has 0 aliphatic rings. The van der Waals surface area contributed by atoms with E-state index in [9.17, 15) is 0 Å². The Bertz CT molecular complexity index is 662. The first kappa shape index (κ1) is 11.6. The molecular formula is C15H14N4. The SMILES string of the molecule is c1ccc(CCNc2ncnc3cccnc23)cc1. The topological polar surface area (TPSA) is 50.7 Å². The first-order chi connectivity index (χ1) is 9.43. The van der Waals surface area contributed by atoms with Gasteiger partial charge in [-0.1, -0.05) is 30.3 Å². The van der Waals surface area contributed by atoms with E-state index in [2.05, 4.69) is 44.5 Å². The highest BCUT2D eigenvalue weighted by atomic mass is 15.0. The zero-order chi connectivity index (χ0) is 12.9. The molecule has 2 heterocycles. The molecule has 0 bridgehead atoms. The van der Waals surface area contributed by atoms with Crippen molar-refractivity contribution in [1.29, 1.82) is 0 Å². The van der Waals surface area contributed by atoms with Crippen molar-refractivity contribution in [3.63, 3.8) is 0 Å². The molecule has 0 aliphatic carbocycles. The third-order valence-electron chi connectivity index (χ3n) is 2.94. The van der Waals surface area contributed by atoms with Gasteiger partial charge in [-0.05, 0) is 24.1 Å². The number of anilines is 1. The molecule has 0 aliphatic heterocycles. The van der Waals surface area contributed by atoms with Crippen LogP contribution < -0.4 is 5.32 Å². The van der Waals surface area contributed by atoms with Crippen LogP contribution in [0.4, 0.5) is 5.82 Å². The van der Waals surface area contributed by atoms with Crippen molar-refractivity contribution in [2.75, 3.05) is 11.9 Å². The predicted octanol–water partition coefficient (Wildman–Crippen LogP) is 2.68. The van der Waals surface area contributed by atoms with E-state index in [0.29, 0.717) is 0 Å². The zero-order valence-corrected chi connectivity index (χ0v) is 10.5. The monoisotopic (exact) mass is 250 g/mol. The van der Waals surface area contributed by atoms with Crippen LogP contribution in [0.1, 0.15) is 5.56 Å². The number of nitrogens with zero attached hydrogens (tertiary/aromatic N) is 3. The minimum absolute atomic E-state index is 0.793. The van der Waals surface area contributed by atoms with Crippen LogP contribution >= 0.6 is 0 Å². The lowest BCUT2D eigenvalue weighted by Crippen LogP contribution is -2.07. The lowest BCUT2D eigenvalue weighted by atomic mass is 10.1. The third kappa shape index (κ3) is 2.68. The minimum Gasteiger partial charge on any atom is -0.368 e. The Morgan fingerprint density at radius 3 is 2.68 bits per heavy atom. The number of aromatic nitrogens is 3. The van der Waals surface area contributed by atoms with Gasteiger partial charge in [0.15, 0.2) is 5.82 Å². The van der Waals surface area contributed by atoms with Crippen molar-refractivity contribution in [2.45, 2.75) is 6.42 Å². The molecule has 0 saturated carbocycles. The van der Waals surface area contributed by atoms with Crippen LogP contribution in [-0.2, 0) is 6.42 Å². The maximum absolute atomic E-state index is 4.32. The summed E-state index contributed by atoms with van der Waals surface area (Å²) < 4.78 is 0. The van der Waals surface area contributed by atoms with E-state index >= 15 is 0 Å². The second-order valence-corrected chi connectivity index (χ2v) is 4.26. The van der Waals surface area contributed by atoms with Gasteiger partial charge >= 0.3 is 0 Å². The average molecular weight is 250 g/mol. The van der Waals surface area contributed by atoms with Crippen LogP contribution in [0.2, 0.25) is 0 Å². The first-order valence-corrected chi connectivity index (χ1v) is 6.27. The van der Waals surface area contributed by atoms with Crippen LogP contribution in [0.25, 0.3) is 11.0 Å². The Hall–Kier alpha value is -2.49. The van der Waals surface area contributed by atoms with E-state index in [1.807, 2.05) is 18.2 Å². The predicted molar refractivity (Wildman–Crippen MR) is 76.0 cm³/mol. The van der Waals surface area contributed by atoms with Crippen LogP contribution in [0.15, 0.2) is 55.0 Å². The molecular weight excluding hydrogens is 236 g/mol. The fraction of sp³-hybridized carbons (Fsp3) is 0.133. The molecule has 1 aromatic carbocycles. The summed E-state index contributed by atoms with van der Waals surface area (Å²) in [6.07, 6.45) is 4.28. The Kier molecular flexibility index (Phi) is 3.32. The molecule has 0 fully saturated rings. The number of hydrogen-bond acceptors (Lipinski definition) is 4. The van der Waals surface area contributed by atoms with Crippen molar-refractivity contribution in [2.24, 2.45) is 0 Å². The standard InChI is InChI=1S/C15H14N4/c1-2-5-12(6-3-1)8-10-17-15-14-13(18-11-19-15)7-4-9-16-14/h1-7,9,11H,8,10H2,(H,17,18,19). The Balaban J connectivity index is 1.72. The summed E-state index contributed by atoms with van der Waals surface area (Å²) in [6, 6.07) is 14.2. The lowest BCUT2D eigenvalue weighted by Gasteiger charge is -2.07. The molecule has 94 valence electrons. The van der Waals surface area contributed by atoms with E-state index in [4.69, 9.17) is 0 Å². The van der Waals surface area contributed by atoms with Gasteiger partial charge in [-0.3, -0.25) is 4.98 Å². The van der Waals surface area contributed by atoms with Crippen molar-refractivity contribution in [3.8, 4) is 0 Å². The molecule has 1 N–H and O–H groups in total. The summed E-state index contributed by atoms with van der Waals surface area (Å²) in [4.78, 5) is 12.8. The van der Waals surface area contributed by atoms with Crippen molar-refractivity contribution < 1.29 is 0 Å². The molecule has 4 nitrogen and oxygen atoms in total. The van der Waals surface area contributed by atoms with Gasteiger partial charge < -0.3 is 5.32 Å². The van der Waals surface area contributed by atoms with Crippen LogP contribution in [-0.4, -0.2) is 21.5 Å². The summed E-state index contributed by atoms with van der Waals surface area (Å²) in [6.45, 7) is 0.826. The molecule has 3 rings (SSSR count). The fourth-order valence-corrected chi connectivity index (χ4v) is 1.99. The van der Waals surface area contributed by atoms with E-state index < -0.39 is 0 Å². The fourth-order valence-electron chi connectivity index (χ4n) is 1.99. The lowest BCUT2D eigenvalue weighted by molar-refractivity contribution is 1.00. The Morgan fingerprint density at radius 2 is 1.79 bits per heavy atom. The molecule has 0 spiro atoms. The highest BCUT2D eigenvalue weighted by Gasteiger charge is 2.03. The molecule has 0 radical (unpaired) electrons. The van der Waals surface area contributed by atoms with Gasteiger partial charge in [0.25, 0.3) is 0 Å². The molecule has 0 saturated heterocycles. The van der Waals surface area contributed by atoms with Gasteiger partial charge in [0.1, 0.15) is 11.8 Å². The highest BCUT2D eigenvalue weighted by Crippen LogP contribution is 2.15. The largest absolute Gasteiger partial charge is 0.368 e. The second kappa shape index (κ2) is 5.44. The maximum Gasteiger partial charge on any atom is 0.156 e. The quantitative estimate of drug-likeness (QED) is 0.773.